The van der Waals surface area contributed by atoms with Gasteiger partial charge in [0, 0.05) is 5.56 Å². The first kappa shape index (κ1) is 9.99. The molecule has 2 nitrogen and oxygen atoms in total. The van der Waals surface area contributed by atoms with E-state index in [4.69, 9.17) is 4.42 Å². The third kappa shape index (κ3) is 2.10. The number of hydrogen-bond acceptors (Lipinski definition) is 2. The van der Waals surface area contributed by atoms with Crippen molar-refractivity contribution in [2.24, 2.45) is 0 Å². The number of aliphatic hydroxyl groups is 1. The quantitative estimate of drug-likeness (QED) is 0.830. The highest BCUT2D eigenvalue weighted by Crippen LogP contribution is 2.22. The highest BCUT2D eigenvalue weighted by Gasteiger charge is 2.10. The summed E-state index contributed by atoms with van der Waals surface area (Å²) in [5.41, 5.74) is 2.96. The molecule has 0 bridgehead atoms. The zero-order valence-electron chi connectivity index (χ0n) is 8.68. The van der Waals surface area contributed by atoms with Gasteiger partial charge in [-0.25, -0.2) is 0 Å². The molecule has 78 valence electrons. The summed E-state index contributed by atoms with van der Waals surface area (Å²) in [6.45, 7) is 2.11. The molecule has 0 aliphatic heterocycles. The fourth-order valence-electron chi connectivity index (χ4n) is 1.56. The lowest BCUT2D eigenvalue weighted by Crippen LogP contribution is -1.97. The molecule has 2 rings (SSSR count). The van der Waals surface area contributed by atoms with Crippen LogP contribution in [0.15, 0.2) is 47.3 Å². The van der Waals surface area contributed by atoms with Crippen LogP contribution in [0.25, 0.3) is 0 Å². The average Bonchev–Trinajstić information content (AvgIpc) is 2.82. The summed E-state index contributed by atoms with van der Waals surface area (Å²) in [5.74, 6) is 0. The van der Waals surface area contributed by atoms with Crippen LogP contribution in [0.2, 0.25) is 0 Å². The third-order valence-corrected chi connectivity index (χ3v) is 2.56. The van der Waals surface area contributed by atoms with Gasteiger partial charge in [-0.05, 0) is 23.6 Å². The Labute approximate surface area is 89.2 Å². The van der Waals surface area contributed by atoms with E-state index in [9.17, 15) is 5.11 Å². The topological polar surface area (TPSA) is 33.4 Å². The van der Waals surface area contributed by atoms with Gasteiger partial charge >= 0.3 is 0 Å². The van der Waals surface area contributed by atoms with Crippen LogP contribution in [-0.4, -0.2) is 5.11 Å². The minimum atomic E-state index is -0.588. The Balaban J connectivity index is 2.22. The summed E-state index contributed by atoms with van der Waals surface area (Å²) in [5, 5.41) is 9.98. The van der Waals surface area contributed by atoms with E-state index in [1.165, 1.54) is 5.56 Å². The van der Waals surface area contributed by atoms with Crippen molar-refractivity contribution < 1.29 is 9.52 Å². The Morgan fingerprint density at radius 2 is 1.87 bits per heavy atom. The summed E-state index contributed by atoms with van der Waals surface area (Å²) in [6, 6.07) is 9.77. The molecule has 15 heavy (non-hydrogen) atoms. The Bertz CT molecular complexity index is 401. The van der Waals surface area contributed by atoms with Gasteiger partial charge in [0.1, 0.15) is 6.10 Å². The molecule has 1 heterocycles. The van der Waals surface area contributed by atoms with Crippen molar-refractivity contribution in [1.29, 1.82) is 0 Å². The lowest BCUT2D eigenvalue weighted by atomic mass is 10.0. The smallest absolute Gasteiger partial charge is 0.107 e. The van der Waals surface area contributed by atoms with Crippen LogP contribution >= 0.6 is 0 Å². The lowest BCUT2D eigenvalue weighted by molar-refractivity contribution is 0.219. The molecular formula is C13H14O2. The van der Waals surface area contributed by atoms with Gasteiger partial charge < -0.3 is 9.52 Å². The zero-order valence-corrected chi connectivity index (χ0v) is 8.68. The maximum atomic E-state index is 9.98. The van der Waals surface area contributed by atoms with Gasteiger partial charge in [0.15, 0.2) is 0 Å². The van der Waals surface area contributed by atoms with Gasteiger partial charge in [-0.1, -0.05) is 31.2 Å². The molecule has 2 heteroatoms. The second kappa shape index (κ2) is 4.32. The van der Waals surface area contributed by atoms with Gasteiger partial charge in [-0.2, -0.15) is 0 Å². The summed E-state index contributed by atoms with van der Waals surface area (Å²) in [7, 11) is 0. The molecule has 1 N–H and O–H groups in total. The normalized spacial score (nSPS) is 12.7. The van der Waals surface area contributed by atoms with E-state index in [-0.39, 0.29) is 0 Å². The Morgan fingerprint density at radius 1 is 1.13 bits per heavy atom. The molecule has 0 radical (unpaired) electrons. The highest BCUT2D eigenvalue weighted by atomic mass is 16.3. The number of benzene rings is 1. The first-order valence-corrected chi connectivity index (χ1v) is 5.10. The van der Waals surface area contributed by atoms with Crippen LogP contribution in [0.3, 0.4) is 0 Å². The summed E-state index contributed by atoms with van der Waals surface area (Å²) < 4.78 is 4.94. The fraction of sp³-hybridized carbons (Fsp3) is 0.231. The van der Waals surface area contributed by atoms with E-state index in [0.29, 0.717) is 0 Å². The van der Waals surface area contributed by atoms with Crippen LogP contribution in [0.5, 0.6) is 0 Å². The molecule has 0 aliphatic rings. The molecule has 1 aromatic carbocycles. The Morgan fingerprint density at radius 3 is 2.40 bits per heavy atom. The van der Waals surface area contributed by atoms with Gasteiger partial charge in [-0.3, -0.25) is 0 Å². The number of furan rings is 1. The SMILES string of the molecule is CCc1ccc([C@@H](O)c2ccoc2)cc1. The summed E-state index contributed by atoms with van der Waals surface area (Å²) in [6.07, 6.45) is 3.56. The van der Waals surface area contributed by atoms with E-state index in [2.05, 4.69) is 6.92 Å². The van der Waals surface area contributed by atoms with Crippen LogP contribution in [-0.2, 0) is 6.42 Å². The van der Waals surface area contributed by atoms with E-state index in [1.54, 1.807) is 18.6 Å². The van der Waals surface area contributed by atoms with Gasteiger partial charge in [0.25, 0.3) is 0 Å². The van der Waals surface area contributed by atoms with Crippen molar-refractivity contribution in [3.05, 3.63) is 59.5 Å². The van der Waals surface area contributed by atoms with E-state index < -0.39 is 6.10 Å². The predicted molar refractivity (Wildman–Crippen MR) is 58.6 cm³/mol. The van der Waals surface area contributed by atoms with Gasteiger partial charge in [0.05, 0.1) is 12.5 Å². The van der Waals surface area contributed by atoms with E-state index in [0.717, 1.165) is 17.5 Å². The van der Waals surface area contributed by atoms with Crippen molar-refractivity contribution in [3.63, 3.8) is 0 Å². The molecule has 0 saturated heterocycles. The molecule has 0 saturated carbocycles. The van der Waals surface area contributed by atoms with Gasteiger partial charge in [0.2, 0.25) is 0 Å². The molecule has 1 aromatic heterocycles. The van der Waals surface area contributed by atoms with Crippen molar-refractivity contribution >= 4 is 0 Å². The second-order valence-electron chi connectivity index (χ2n) is 3.55. The third-order valence-electron chi connectivity index (χ3n) is 2.56. The fourth-order valence-corrected chi connectivity index (χ4v) is 1.56. The minimum Gasteiger partial charge on any atom is -0.472 e. The Hall–Kier alpha value is -1.54. The average molecular weight is 202 g/mol. The van der Waals surface area contributed by atoms with Crippen LogP contribution in [0.1, 0.15) is 29.7 Å². The van der Waals surface area contributed by atoms with Crippen molar-refractivity contribution in [1.82, 2.24) is 0 Å². The molecular weight excluding hydrogens is 188 g/mol. The molecule has 2 aromatic rings. The lowest BCUT2D eigenvalue weighted by Gasteiger charge is -2.08. The maximum Gasteiger partial charge on any atom is 0.107 e. The first-order chi connectivity index (χ1) is 7.31. The number of aryl methyl sites for hydroxylation is 1. The van der Waals surface area contributed by atoms with Crippen molar-refractivity contribution in [2.75, 3.05) is 0 Å². The standard InChI is InChI=1S/C13H14O2/c1-2-10-3-5-11(6-4-10)13(14)12-7-8-15-9-12/h3-9,13-14H,2H2,1H3/t13-/m1/s1. The minimum absolute atomic E-state index is 0.588. The van der Waals surface area contributed by atoms with Crippen molar-refractivity contribution in [2.45, 2.75) is 19.4 Å². The first-order valence-electron chi connectivity index (χ1n) is 5.10. The van der Waals surface area contributed by atoms with Crippen LogP contribution < -0.4 is 0 Å². The largest absolute Gasteiger partial charge is 0.472 e. The summed E-state index contributed by atoms with van der Waals surface area (Å²) >= 11 is 0. The summed E-state index contributed by atoms with van der Waals surface area (Å²) in [4.78, 5) is 0. The molecule has 0 amide bonds. The second-order valence-corrected chi connectivity index (χ2v) is 3.55. The van der Waals surface area contributed by atoms with E-state index in [1.807, 2.05) is 24.3 Å². The predicted octanol–water partition coefficient (Wildman–Crippen LogP) is 2.92. The van der Waals surface area contributed by atoms with Gasteiger partial charge in [-0.15, -0.1) is 0 Å². The Kier molecular flexibility index (Phi) is 2.88. The number of aliphatic hydroxyl groups excluding tert-OH is 1. The van der Waals surface area contributed by atoms with E-state index >= 15 is 0 Å². The highest BCUT2D eigenvalue weighted by molar-refractivity contribution is 5.30. The number of rotatable bonds is 3. The zero-order chi connectivity index (χ0) is 10.7. The molecule has 0 spiro atoms. The maximum absolute atomic E-state index is 9.98. The van der Waals surface area contributed by atoms with Crippen molar-refractivity contribution in [3.8, 4) is 0 Å². The number of hydrogen-bond donors (Lipinski definition) is 1. The molecule has 0 fully saturated rings. The monoisotopic (exact) mass is 202 g/mol. The van der Waals surface area contributed by atoms with Crippen LogP contribution in [0, 0.1) is 0 Å². The molecule has 1 atom stereocenters. The molecule has 0 unspecified atom stereocenters. The molecule has 0 aliphatic carbocycles. The van der Waals surface area contributed by atoms with Crippen LogP contribution in [0.4, 0.5) is 0 Å².